The summed E-state index contributed by atoms with van der Waals surface area (Å²) in [4.78, 5) is 38.4. The van der Waals surface area contributed by atoms with Gasteiger partial charge in [0, 0.05) is 19.3 Å². The van der Waals surface area contributed by atoms with Gasteiger partial charge in [0.25, 0.3) is 0 Å². The lowest BCUT2D eigenvalue weighted by molar-refractivity contribution is -0.167. The molecule has 0 aromatic carbocycles. The smallest absolute Gasteiger partial charge is 0.306 e. The molecule has 0 saturated heterocycles. The third-order valence-electron chi connectivity index (χ3n) is 16.4. The van der Waals surface area contributed by atoms with Crippen LogP contribution in [0.5, 0.6) is 0 Å². The van der Waals surface area contributed by atoms with Crippen LogP contribution < -0.4 is 0 Å². The Hall–Kier alpha value is -1.59. The molecule has 2 atom stereocenters. The molecule has 6 heteroatoms. The van der Waals surface area contributed by atoms with Crippen molar-refractivity contribution in [2.45, 2.75) is 406 Å². The molecule has 0 heterocycles. The fraction of sp³-hybridized carbons (Fsp3) is 0.957. The highest BCUT2D eigenvalue weighted by molar-refractivity contribution is 5.71. The predicted octanol–water partition coefficient (Wildman–Crippen LogP) is 23.3. The number of unbranched alkanes of at least 4 members (excludes halogenated alkanes) is 50. The molecule has 0 bridgehead atoms. The van der Waals surface area contributed by atoms with Gasteiger partial charge >= 0.3 is 17.9 Å². The number of carbonyl (C=O) groups is 3. The second-order valence-electron chi connectivity index (χ2n) is 24.1. The summed E-state index contributed by atoms with van der Waals surface area (Å²) in [6.07, 6.45) is 72.5. The van der Waals surface area contributed by atoms with Gasteiger partial charge in [-0.2, -0.15) is 0 Å². The second-order valence-corrected chi connectivity index (χ2v) is 24.1. The Balaban J connectivity index is 4.26. The lowest BCUT2D eigenvalue weighted by atomic mass is 9.99. The Morgan fingerprint density at radius 3 is 0.693 bits per heavy atom. The van der Waals surface area contributed by atoms with Crippen LogP contribution in [0.2, 0.25) is 0 Å². The monoisotopic (exact) mass is 1060 g/mol. The maximum absolute atomic E-state index is 12.9. The maximum atomic E-state index is 12.9. The van der Waals surface area contributed by atoms with Crippen LogP contribution in [0.25, 0.3) is 0 Å². The number of hydrogen-bond acceptors (Lipinski definition) is 6. The van der Waals surface area contributed by atoms with Crippen molar-refractivity contribution in [2.75, 3.05) is 13.2 Å². The number of carbonyl (C=O) groups excluding carboxylic acids is 3. The van der Waals surface area contributed by atoms with Crippen LogP contribution in [-0.4, -0.2) is 37.2 Å². The van der Waals surface area contributed by atoms with Gasteiger partial charge in [-0.3, -0.25) is 14.4 Å². The van der Waals surface area contributed by atoms with Gasteiger partial charge in [0.2, 0.25) is 0 Å². The van der Waals surface area contributed by atoms with E-state index in [1.54, 1.807) is 0 Å². The average Bonchev–Trinajstić information content (AvgIpc) is 3.41. The van der Waals surface area contributed by atoms with Gasteiger partial charge in [0.05, 0.1) is 0 Å². The molecule has 0 amide bonds. The Kier molecular flexibility index (Phi) is 61.9. The fourth-order valence-electron chi connectivity index (χ4n) is 10.8. The molecule has 446 valence electrons. The van der Waals surface area contributed by atoms with Crippen LogP contribution in [0, 0.1) is 5.92 Å². The minimum Gasteiger partial charge on any atom is -0.462 e. The van der Waals surface area contributed by atoms with Crippen LogP contribution in [-0.2, 0) is 28.6 Å². The van der Waals surface area contributed by atoms with Crippen molar-refractivity contribution in [3.63, 3.8) is 0 Å². The van der Waals surface area contributed by atoms with Crippen molar-refractivity contribution in [2.24, 2.45) is 5.92 Å². The lowest BCUT2D eigenvalue weighted by Gasteiger charge is -2.18. The van der Waals surface area contributed by atoms with Crippen molar-refractivity contribution in [3.05, 3.63) is 0 Å². The number of hydrogen-bond donors (Lipinski definition) is 0. The lowest BCUT2D eigenvalue weighted by Crippen LogP contribution is -2.30. The van der Waals surface area contributed by atoms with Crippen molar-refractivity contribution >= 4 is 17.9 Å². The third kappa shape index (κ3) is 61.5. The molecule has 0 saturated carbocycles. The van der Waals surface area contributed by atoms with E-state index >= 15 is 0 Å². The summed E-state index contributed by atoms with van der Waals surface area (Å²) in [7, 11) is 0. The Morgan fingerprint density at radius 1 is 0.267 bits per heavy atom. The molecule has 0 rings (SSSR count). The zero-order valence-corrected chi connectivity index (χ0v) is 51.5. The van der Waals surface area contributed by atoms with E-state index in [2.05, 4.69) is 27.7 Å². The minimum absolute atomic E-state index is 0.0607. The standard InChI is InChI=1S/C69H134O6/c1-5-8-10-12-14-16-18-20-22-24-29-32-36-40-44-48-52-56-60-67(70)73-63-66(75-69(72)62-58-54-50-46-42-38-34-27-23-21-19-17-15-13-11-9-6-2)64-74-68(71)61-57-53-49-45-41-37-33-30-26-25-28-31-35-39-43-47-51-55-59-65(4)7-3/h65-66H,5-64H2,1-4H3/t65?,66-/m1/s1. The maximum Gasteiger partial charge on any atom is 0.306 e. The highest BCUT2D eigenvalue weighted by atomic mass is 16.6. The predicted molar refractivity (Wildman–Crippen MR) is 326 cm³/mol. The molecule has 0 fully saturated rings. The van der Waals surface area contributed by atoms with E-state index in [1.807, 2.05) is 0 Å². The van der Waals surface area contributed by atoms with Gasteiger partial charge in [-0.15, -0.1) is 0 Å². The number of ether oxygens (including phenoxy) is 3. The first-order valence-electron chi connectivity index (χ1n) is 34.4. The summed E-state index contributed by atoms with van der Waals surface area (Å²) in [5.41, 5.74) is 0. The van der Waals surface area contributed by atoms with Crippen molar-refractivity contribution in [3.8, 4) is 0 Å². The zero-order valence-electron chi connectivity index (χ0n) is 51.5. The Morgan fingerprint density at radius 2 is 0.467 bits per heavy atom. The van der Waals surface area contributed by atoms with E-state index in [0.717, 1.165) is 63.7 Å². The molecule has 0 aromatic rings. The zero-order chi connectivity index (χ0) is 54.4. The van der Waals surface area contributed by atoms with E-state index < -0.39 is 6.10 Å². The molecule has 0 aromatic heterocycles. The van der Waals surface area contributed by atoms with E-state index in [-0.39, 0.29) is 31.1 Å². The Bertz CT molecular complexity index is 1140. The van der Waals surface area contributed by atoms with E-state index in [4.69, 9.17) is 14.2 Å². The van der Waals surface area contributed by atoms with Crippen LogP contribution in [0.4, 0.5) is 0 Å². The van der Waals surface area contributed by atoms with Gasteiger partial charge in [-0.1, -0.05) is 362 Å². The first-order chi connectivity index (χ1) is 36.9. The first kappa shape index (κ1) is 73.4. The molecular weight excluding hydrogens is 925 g/mol. The minimum atomic E-state index is -0.763. The van der Waals surface area contributed by atoms with E-state index in [0.29, 0.717) is 19.3 Å². The molecule has 0 aliphatic heterocycles. The van der Waals surface area contributed by atoms with Crippen LogP contribution in [0.3, 0.4) is 0 Å². The molecule has 6 nitrogen and oxygen atoms in total. The molecule has 75 heavy (non-hydrogen) atoms. The molecule has 0 radical (unpaired) electrons. The van der Waals surface area contributed by atoms with Crippen LogP contribution in [0.1, 0.15) is 400 Å². The van der Waals surface area contributed by atoms with Gasteiger partial charge in [-0.25, -0.2) is 0 Å². The molecular formula is C69H134O6. The van der Waals surface area contributed by atoms with Gasteiger partial charge in [0.1, 0.15) is 13.2 Å². The SMILES string of the molecule is CCCCCCCCCCCCCCCCCCCCC(=O)OC[C@H](COC(=O)CCCCCCCCCCCCCCCCCCCCC(C)CC)OC(=O)CCCCCCCCCCCCCCCCCCC. The second kappa shape index (κ2) is 63.2. The largest absolute Gasteiger partial charge is 0.462 e. The number of rotatable bonds is 64. The third-order valence-corrected chi connectivity index (χ3v) is 16.4. The molecule has 0 spiro atoms. The van der Waals surface area contributed by atoms with Crippen molar-refractivity contribution in [1.82, 2.24) is 0 Å². The summed E-state index contributed by atoms with van der Waals surface area (Å²) in [5.74, 6) is 0.0884. The van der Waals surface area contributed by atoms with Crippen LogP contribution >= 0.6 is 0 Å². The quantitative estimate of drug-likeness (QED) is 0.0343. The van der Waals surface area contributed by atoms with E-state index in [1.165, 1.54) is 295 Å². The average molecular weight is 1060 g/mol. The number of esters is 3. The molecule has 0 aliphatic rings. The van der Waals surface area contributed by atoms with Crippen molar-refractivity contribution < 1.29 is 28.6 Å². The Labute approximate surface area is 469 Å². The summed E-state index contributed by atoms with van der Waals surface area (Å²) >= 11 is 0. The van der Waals surface area contributed by atoms with Gasteiger partial charge in [-0.05, 0) is 25.2 Å². The molecule has 1 unspecified atom stereocenters. The normalized spacial score (nSPS) is 12.3. The topological polar surface area (TPSA) is 78.9 Å². The first-order valence-corrected chi connectivity index (χ1v) is 34.4. The van der Waals surface area contributed by atoms with Crippen LogP contribution in [0.15, 0.2) is 0 Å². The summed E-state index contributed by atoms with van der Waals surface area (Å²) < 4.78 is 17.0. The molecule has 0 N–H and O–H groups in total. The summed E-state index contributed by atoms with van der Waals surface area (Å²) in [6, 6.07) is 0. The highest BCUT2D eigenvalue weighted by Gasteiger charge is 2.19. The van der Waals surface area contributed by atoms with Gasteiger partial charge < -0.3 is 14.2 Å². The van der Waals surface area contributed by atoms with E-state index in [9.17, 15) is 14.4 Å². The fourth-order valence-corrected chi connectivity index (χ4v) is 10.8. The highest BCUT2D eigenvalue weighted by Crippen LogP contribution is 2.20. The van der Waals surface area contributed by atoms with Crippen molar-refractivity contribution in [1.29, 1.82) is 0 Å². The summed E-state index contributed by atoms with van der Waals surface area (Å²) in [5, 5.41) is 0. The van der Waals surface area contributed by atoms with Gasteiger partial charge in [0.15, 0.2) is 6.10 Å². The summed E-state index contributed by atoms with van der Waals surface area (Å²) in [6.45, 7) is 9.15. The molecule has 0 aliphatic carbocycles.